The van der Waals surface area contributed by atoms with Crippen molar-refractivity contribution in [2.45, 2.75) is 37.1 Å². The number of azide groups is 1. The van der Waals surface area contributed by atoms with Gasteiger partial charge in [-0.3, -0.25) is 0 Å². The van der Waals surface area contributed by atoms with Gasteiger partial charge in [0.15, 0.2) is 12.4 Å². The molecule has 116 valence electrons. The van der Waals surface area contributed by atoms with E-state index >= 15 is 0 Å². The van der Waals surface area contributed by atoms with Crippen LogP contribution in [0.3, 0.4) is 0 Å². The van der Waals surface area contributed by atoms with Crippen molar-refractivity contribution in [3.63, 3.8) is 0 Å². The fourth-order valence-corrected chi connectivity index (χ4v) is 2.75. The molecule has 5 atom stereocenters. The summed E-state index contributed by atoms with van der Waals surface area (Å²) < 4.78 is 17.0. The van der Waals surface area contributed by atoms with E-state index in [1.54, 1.807) is 0 Å². The summed E-state index contributed by atoms with van der Waals surface area (Å²) in [5.74, 6) is -1.08. The van der Waals surface area contributed by atoms with Gasteiger partial charge in [-0.1, -0.05) is 35.4 Å². The van der Waals surface area contributed by atoms with Gasteiger partial charge in [0.1, 0.15) is 6.10 Å². The van der Waals surface area contributed by atoms with Crippen LogP contribution in [0.15, 0.2) is 35.4 Å². The molecule has 3 rings (SSSR count). The van der Waals surface area contributed by atoms with Crippen LogP contribution in [0.2, 0.25) is 0 Å². The number of rotatable bonds is 3. The molecule has 8 heteroatoms. The number of ether oxygens (including phenoxy) is 3. The van der Waals surface area contributed by atoms with Crippen molar-refractivity contribution in [2.75, 3.05) is 6.61 Å². The van der Waals surface area contributed by atoms with Crippen LogP contribution >= 0.6 is 0 Å². The molecule has 1 aromatic carbocycles. The molecule has 0 aromatic heterocycles. The number of carboxylic acid groups (broad SMARTS) is 1. The van der Waals surface area contributed by atoms with Crippen molar-refractivity contribution in [1.29, 1.82) is 0 Å². The van der Waals surface area contributed by atoms with Crippen molar-refractivity contribution in [2.24, 2.45) is 5.11 Å². The van der Waals surface area contributed by atoms with Crippen molar-refractivity contribution >= 4 is 5.97 Å². The maximum absolute atomic E-state index is 11.1. The Morgan fingerprint density at radius 2 is 2.09 bits per heavy atom. The normalized spacial score (nSPS) is 34.3. The van der Waals surface area contributed by atoms with Crippen LogP contribution in [0.5, 0.6) is 0 Å². The maximum atomic E-state index is 11.1. The molecule has 2 heterocycles. The molecule has 2 aliphatic heterocycles. The molecular weight excluding hydrogens is 290 g/mol. The second kappa shape index (κ2) is 6.33. The summed E-state index contributed by atoms with van der Waals surface area (Å²) in [5, 5.41) is 12.8. The molecule has 8 nitrogen and oxygen atoms in total. The Bertz CT molecular complexity index is 589. The molecule has 1 unspecified atom stereocenters. The van der Waals surface area contributed by atoms with Crippen LogP contribution in [0.1, 0.15) is 18.3 Å². The van der Waals surface area contributed by atoms with E-state index in [1.165, 1.54) is 0 Å². The summed E-state index contributed by atoms with van der Waals surface area (Å²) in [6.07, 6.45) is -2.60. The van der Waals surface area contributed by atoms with Crippen molar-refractivity contribution in [3.8, 4) is 0 Å². The topological polar surface area (TPSA) is 114 Å². The third-order valence-electron chi connectivity index (χ3n) is 3.78. The van der Waals surface area contributed by atoms with E-state index in [9.17, 15) is 4.79 Å². The average Bonchev–Trinajstić information content (AvgIpc) is 2.55. The Kier molecular flexibility index (Phi) is 4.26. The van der Waals surface area contributed by atoms with Gasteiger partial charge in [0.2, 0.25) is 0 Å². The molecule has 2 saturated heterocycles. The van der Waals surface area contributed by atoms with E-state index in [0.717, 1.165) is 5.56 Å². The number of fused-ring (bicyclic) bond motifs is 1. The third-order valence-corrected chi connectivity index (χ3v) is 3.78. The molecule has 1 aromatic rings. The minimum absolute atomic E-state index is 0.0854. The standard InChI is InChI=1S/C14H15N3O5/c15-17-16-9-6-10(13(18)19)21-11-7-20-14(22-12(9)11)8-4-2-1-3-5-8/h1-5,9-12,14H,6-7H2,(H,18,19)/t9?,10-,11-,12-,14+/m1/s1. The summed E-state index contributed by atoms with van der Waals surface area (Å²) in [6.45, 7) is 0.186. The summed E-state index contributed by atoms with van der Waals surface area (Å²) >= 11 is 0. The van der Waals surface area contributed by atoms with Gasteiger partial charge < -0.3 is 19.3 Å². The molecule has 0 radical (unpaired) electrons. The molecule has 0 spiro atoms. The summed E-state index contributed by atoms with van der Waals surface area (Å²) in [5.41, 5.74) is 9.55. The van der Waals surface area contributed by atoms with Crippen LogP contribution in [-0.4, -0.2) is 42.0 Å². The number of carboxylic acids is 1. The zero-order chi connectivity index (χ0) is 15.5. The molecule has 2 fully saturated rings. The molecule has 2 aliphatic rings. The lowest BCUT2D eigenvalue weighted by Crippen LogP contribution is -2.55. The number of hydrogen-bond acceptors (Lipinski definition) is 5. The van der Waals surface area contributed by atoms with E-state index in [-0.39, 0.29) is 13.0 Å². The van der Waals surface area contributed by atoms with Gasteiger partial charge in [0, 0.05) is 10.5 Å². The first-order chi connectivity index (χ1) is 10.7. The second-order valence-electron chi connectivity index (χ2n) is 5.19. The predicted octanol–water partition coefficient (Wildman–Crippen LogP) is 2.02. The maximum Gasteiger partial charge on any atom is 0.332 e. The highest BCUT2D eigenvalue weighted by molar-refractivity contribution is 5.72. The molecule has 22 heavy (non-hydrogen) atoms. The second-order valence-corrected chi connectivity index (χ2v) is 5.19. The molecular formula is C14H15N3O5. The van der Waals surface area contributed by atoms with Gasteiger partial charge in [-0.05, 0) is 12.0 Å². The molecule has 0 aliphatic carbocycles. The zero-order valence-electron chi connectivity index (χ0n) is 11.6. The SMILES string of the molecule is [N-]=[N+]=NC1C[C@H](C(=O)O)O[C@@H]2CO[C@H](c3ccccc3)O[C@H]12. The Morgan fingerprint density at radius 1 is 1.32 bits per heavy atom. The fourth-order valence-electron chi connectivity index (χ4n) is 2.75. The van der Waals surface area contributed by atoms with Gasteiger partial charge in [0.05, 0.1) is 18.8 Å². The van der Waals surface area contributed by atoms with Crippen molar-refractivity contribution in [3.05, 3.63) is 46.3 Å². The first-order valence-corrected chi connectivity index (χ1v) is 6.93. The Morgan fingerprint density at radius 3 is 2.77 bits per heavy atom. The van der Waals surface area contributed by atoms with Crippen molar-refractivity contribution < 1.29 is 24.1 Å². The van der Waals surface area contributed by atoms with Gasteiger partial charge in [0.25, 0.3) is 0 Å². The highest BCUT2D eigenvalue weighted by Crippen LogP contribution is 2.35. The van der Waals surface area contributed by atoms with Gasteiger partial charge in [-0.2, -0.15) is 0 Å². The quantitative estimate of drug-likeness (QED) is 0.521. The molecule has 0 bridgehead atoms. The van der Waals surface area contributed by atoms with Crippen LogP contribution in [0.25, 0.3) is 10.4 Å². The van der Waals surface area contributed by atoms with Crippen LogP contribution in [0.4, 0.5) is 0 Å². The minimum Gasteiger partial charge on any atom is -0.479 e. The van der Waals surface area contributed by atoms with Crippen LogP contribution < -0.4 is 0 Å². The smallest absolute Gasteiger partial charge is 0.332 e. The Labute approximate surface area is 126 Å². The first-order valence-electron chi connectivity index (χ1n) is 6.93. The van der Waals surface area contributed by atoms with E-state index < -0.39 is 36.6 Å². The number of aliphatic carboxylic acids is 1. The van der Waals surface area contributed by atoms with Crippen LogP contribution in [0, 0.1) is 0 Å². The lowest BCUT2D eigenvalue weighted by atomic mass is 9.95. The number of benzene rings is 1. The monoisotopic (exact) mass is 305 g/mol. The lowest BCUT2D eigenvalue weighted by molar-refractivity contribution is -0.290. The molecule has 0 saturated carbocycles. The van der Waals surface area contributed by atoms with Gasteiger partial charge in [-0.25, -0.2) is 4.79 Å². The zero-order valence-corrected chi connectivity index (χ0v) is 11.6. The van der Waals surface area contributed by atoms with E-state index in [4.69, 9.17) is 24.8 Å². The lowest BCUT2D eigenvalue weighted by Gasteiger charge is -2.43. The number of nitrogens with zero attached hydrogens (tertiary/aromatic N) is 3. The van der Waals surface area contributed by atoms with E-state index in [0.29, 0.717) is 0 Å². The average molecular weight is 305 g/mol. The highest BCUT2D eigenvalue weighted by Gasteiger charge is 2.45. The summed E-state index contributed by atoms with van der Waals surface area (Å²) in [7, 11) is 0. The Balaban J connectivity index is 1.79. The largest absolute Gasteiger partial charge is 0.479 e. The summed E-state index contributed by atoms with van der Waals surface area (Å²) in [4.78, 5) is 13.9. The van der Waals surface area contributed by atoms with Gasteiger partial charge in [-0.15, -0.1) is 0 Å². The Hall–Kier alpha value is -2.12. The van der Waals surface area contributed by atoms with Crippen LogP contribution in [-0.2, 0) is 19.0 Å². The first kappa shape index (κ1) is 14.8. The van der Waals surface area contributed by atoms with Crippen molar-refractivity contribution in [1.82, 2.24) is 0 Å². The fraction of sp³-hybridized carbons (Fsp3) is 0.500. The number of hydrogen-bond donors (Lipinski definition) is 1. The molecule has 1 N–H and O–H groups in total. The van der Waals surface area contributed by atoms with Gasteiger partial charge >= 0.3 is 5.97 Å². The summed E-state index contributed by atoms with van der Waals surface area (Å²) in [6, 6.07) is 8.78. The van der Waals surface area contributed by atoms with E-state index in [1.807, 2.05) is 30.3 Å². The minimum atomic E-state index is -1.08. The van der Waals surface area contributed by atoms with E-state index in [2.05, 4.69) is 10.0 Å². The third kappa shape index (κ3) is 2.90. The highest BCUT2D eigenvalue weighted by atomic mass is 16.7. The predicted molar refractivity (Wildman–Crippen MR) is 73.9 cm³/mol. The number of carbonyl (C=O) groups is 1. The molecule has 0 amide bonds.